The average molecular weight is 257 g/mol. The fourth-order valence-electron chi connectivity index (χ4n) is 1.08. The number of hydrogen-bond donors (Lipinski definition) is 0. The Balaban J connectivity index is 2.39. The maximum absolute atomic E-state index is 11.2. The summed E-state index contributed by atoms with van der Waals surface area (Å²) in [5.41, 5.74) is 0.255. The number of esters is 1. The van der Waals surface area contributed by atoms with Crippen LogP contribution >= 0.6 is 11.8 Å². The van der Waals surface area contributed by atoms with E-state index in [1.54, 1.807) is 18.7 Å². The molecule has 96 valence electrons. The number of rotatable bonds is 3. The summed E-state index contributed by atoms with van der Waals surface area (Å²) in [5.74, 6) is 0.387. The summed E-state index contributed by atoms with van der Waals surface area (Å²) in [6.07, 6.45) is -0.107. The number of hydrogen-bond acceptors (Lipinski definition) is 5. The lowest BCUT2D eigenvalue weighted by Crippen LogP contribution is -2.21. The molecule has 0 aromatic heterocycles. The minimum Gasteiger partial charge on any atom is -0.465 e. The van der Waals surface area contributed by atoms with E-state index >= 15 is 0 Å². The topological polar surface area (TPSA) is 47.9 Å². The predicted molar refractivity (Wildman–Crippen MR) is 70.3 cm³/mol. The summed E-state index contributed by atoms with van der Waals surface area (Å²) in [5, 5.41) is 0.675. The summed E-state index contributed by atoms with van der Waals surface area (Å²) in [4.78, 5) is 15.6. The lowest BCUT2D eigenvalue weighted by Gasteiger charge is -2.14. The molecule has 0 radical (unpaired) electrons. The summed E-state index contributed by atoms with van der Waals surface area (Å²) < 4.78 is 10.6. The highest BCUT2D eigenvalue weighted by molar-refractivity contribution is 8.13. The van der Waals surface area contributed by atoms with Gasteiger partial charge < -0.3 is 9.47 Å². The Bertz CT molecular complexity index is 344. The van der Waals surface area contributed by atoms with Crippen molar-refractivity contribution in [1.82, 2.24) is 0 Å². The zero-order valence-electron chi connectivity index (χ0n) is 10.8. The van der Waals surface area contributed by atoms with E-state index in [0.29, 0.717) is 10.8 Å². The maximum Gasteiger partial charge on any atom is 0.333 e. The summed E-state index contributed by atoms with van der Waals surface area (Å²) in [7, 11) is 0. The van der Waals surface area contributed by atoms with Gasteiger partial charge in [0.05, 0.1) is 5.54 Å². The molecule has 0 spiro atoms. The normalized spacial score (nSPS) is 22.4. The standard InChI is InChI=1S/C12H19NO3S/c1-8(2)10(14)15-6-9-7-17-11(16-9)13-12(3,4)5/h9H,1,6-7H2,2-5H3. The van der Waals surface area contributed by atoms with E-state index in [4.69, 9.17) is 9.47 Å². The van der Waals surface area contributed by atoms with Crippen molar-refractivity contribution in [2.24, 2.45) is 4.99 Å². The molecule has 0 aliphatic carbocycles. The number of carbonyl (C=O) groups excluding carboxylic acids is 1. The van der Waals surface area contributed by atoms with E-state index < -0.39 is 0 Å². The van der Waals surface area contributed by atoms with Crippen molar-refractivity contribution in [2.45, 2.75) is 39.3 Å². The van der Waals surface area contributed by atoms with E-state index in [0.717, 1.165) is 5.75 Å². The molecular weight excluding hydrogens is 238 g/mol. The highest BCUT2D eigenvalue weighted by atomic mass is 32.2. The largest absolute Gasteiger partial charge is 0.465 e. The number of carbonyl (C=O) groups is 1. The highest BCUT2D eigenvalue weighted by Crippen LogP contribution is 2.23. The molecule has 1 aliphatic rings. The second-order valence-corrected chi connectivity index (χ2v) is 5.95. The number of thioether (sulfide) groups is 1. The van der Waals surface area contributed by atoms with Crippen LogP contribution in [0.25, 0.3) is 0 Å². The van der Waals surface area contributed by atoms with Crippen molar-refractivity contribution in [3.05, 3.63) is 12.2 Å². The van der Waals surface area contributed by atoms with Gasteiger partial charge in [0.25, 0.3) is 0 Å². The Labute approximate surface area is 106 Å². The van der Waals surface area contributed by atoms with Crippen LogP contribution in [0.15, 0.2) is 17.1 Å². The van der Waals surface area contributed by atoms with Gasteiger partial charge in [-0.3, -0.25) is 0 Å². The monoisotopic (exact) mass is 257 g/mol. The quantitative estimate of drug-likeness (QED) is 0.575. The van der Waals surface area contributed by atoms with Gasteiger partial charge in [0.2, 0.25) is 5.23 Å². The van der Waals surface area contributed by atoms with E-state index in [1.807, 2.05) is 20.8 Å². The van der Waals surface area contributed by atoms with Gasteiger partial charge in [0.1, 0.15) is 12.7 Å². The molecule has 0 amide bonds. The van der Waals surface area contributed by atoms with Crippen molar-refractivity contribution in [3.8, 4) is 0 Å². The average Bonchev–Trinajstić information content (AvgIpc) is 2.59. The molecule has 5 heteroatoms. The molecule has 1 rings (SSSR count). The lowest BCUT2D eigenvalue weighted by atomic mass is 10.1. The van der Waals surface area contributed by atoms with Crippen molar-refractivity contribution >= 4 is 23.0 Å². The van der Waals surface area contributed by atoms with Crippen LogP contribution in [0.3, 0.4) is 0 Å². The first-order chi connectivity index (χ1) is 7.78. The first-order valence-electron chi connectivity index (χ1n) is 5.50. The molecule has 1 atom stereocenters. The van der Waals surface area contributed by atoms with Crippen molar-refractivity contribution in [3.63, 3.8) is 0 Å². The van der Waals surface area contributed by atoms with Crippen LogP contribution in [-0.4, -0.2) is 35.2 Å². The molecular formula is C12H19NO3S. The molecule has 17 heavy (non-hydrogen) atoms. The van der Waals surface area contributed by atoms with E-state index in [2.05, 4.69) is 11.6 Å². The lowest BCUT2D eigenvalue weighted by molar-refractivity contribution is -0.141. The minimum atomic E-state index is -0.375. The molecule has 1 heterocycles. The van der Waals surface area contributed by atoms with Crippen molar-refractivity contribution in [2.75, 3.05) is 12.4 Å². The van der Waals surface area contributed by atoms with Gasteiger partial charge in [-0.1, -0.05) is 18.3 Å². The van der Waals surface area contributed by atoms with E-state index in [9.17, 15) is 4.79 Å². The van der Waals surface area contributed by atoms with Gasteiger partial charge in [-0.2, -0.15) is 0 Å². The SMILES string of the molecule is C=C(C)C(=O)OCC1CSC(=NC(C)(C)C)O1. The Kier molecular flexibility index (Phi) is 4.62. The molecule has 1 fully saturated rings. The first kappa shape index (κ1) is 14.1. The smallest absolute Gasteiger partial charge is 0.333 e. The number of nitrogens with zero attached hydrogens (tertiary/aromatic N) is 1. The van der Waals surface area contributed by atoms with Crippen LogP contribution < -0.4 is 0 Å². The van der Waals surface area contributed by atoms with E-state index in [1.165, 1.54) is 0 Å². The second kappa shape index (κ2) is 5.58. The van der Waals surface area contributed by atoms with Gasteiger partial charge in [-0.05, 0) is 27.7 Å². The van der Waals surface area contributed by atoms with Crippen LogP contribution in [0.4, 0.5) is 0 Å². The van der Waals surface area contributed by atoms with Crippen LogP contribution in [0.5, 0.6) is 0 Å². The summed E-state index contributed by atoms with van der Waals surface area (Å²) >= 11 is 1.55. The minimum absolute atomic E-state index is 0.107. The molecule has 1 aliphatic heterocycles. The predicted octanol–water partition coefficient (Wildman–Crippen LogP) is 2.39. The Morgan fingerprint density at radius 2 is 2.29 bits per heavy atom. The van der Waals surface area contributed by atoms with Gasteiger partial charge in [-0.25, -0.2) is 9.79 Å². The van der Waals surface area contributed by atoms with Gasteiger partial charge >= 0.3 is 5.97 Å². The molecule has 0 saturated carbocycles. The molecule has 0 N–H and O–H groups in total. The van der Waals surface area contributed by atoms with Crippen molar-refractivity contribution < 1.29 is 14.3 Å². The fourth-order valence-corrected chi connectivity index (χ4v) is 2.12. The van der Waals surface area contributed by atoms with Crippen LogP contribution in [0.2, 0.25) is 0 Å². The van der Waals surface area contributed by atoms with Gasteiger partial charge in [-0.15, -0.1) is 0 Å². The molecule has 0 aromatic rings. The zero-order valence-corrected chi connectivity index (χ0v) is 11.6. The molecule has 0 aromatic carbocycles. The zero-order chi connectivity index (χ0) is 13.1. The molecule has 4 nitrogen and oxygen atoms in total. The third kappa shape index (κ3) is 5.26. The van der Waals surface area contributed by atoms with E-state index in [-0.39, 0.29) is 24.2 Å². The molecule has 1 saturated heterocycles. The van der Waals surface area contributed by atoms with Crippen LogP contribution in [-0.2, 0) is 14.3 Å². The maximum atomic E-state index is 11.2. The van der Waals surface area contributed by atoms with Crippen LogP contribution in [0.1, 0.15) is 27.7 Å². The van der Waals surface area contributed by atoms with Crippen LogP contribution in [0, 0.1) is 0 Å². The summed E-state index contributed by atoms with van der Waals surface area (Å²) in [6.45, 7) is 11.4. The first-order valence-corrected chi connectivity index (χ1v) is 6.48. The van der Waals surface area contributed by atoms with Gasteiger partial charge in [0, 0.05) is 11.3 Å². The molecule has 0 bridgehead atoms. The Morgan fingerprint density at radius 3 is 2.82 bits per heavy atom. The Morgan fingerprint density at radius 1 is 1.65 bits per heavy atom. The fraction of sp³-hybridized carbons (Fsp3) is 0.667. The van der Waals surface area contributed by atoms with Crippen molar-refractivity contribution in [1.29, 1.82) is 0 Å². The highest BCUT2D eigenvalue weighted by Gasteiger charge is 2.25. The molecule has 1 unspecified atom stereocenters. The summed E-state index contributed by atoms with van der Waals surface area (Å²) in [6, 6.07) is 0. The second-order valence-electron chi connectivity index (χ2n) is 4.98. The third-order valence-electron chi connectivity index (χ3n) is 1.84. The third-order valence-corrected chi connectivity index (χ3v) is 2.81. The number of ether oxygens (including phenoxy) is 2. The number of aliphatic imine (C=N–C) groups is 1. The van der Waals surface area contributed by atoms with Gasteiger partial charge in [0.15, 0.2) is 0 Å². The Hall–Kier alpha value is -0.970.